The Labute approximate surface area is 137 Å². The number of thiazole rings is 1. The molecule has 0 bridgehead atoms. The summed E-state index contributed by atoms with van der Waals surface area (Å²) in [6.45, 7) is 1.75. The van der Waals surface area contributed by atoms with E-state index in [9.17, 15) is 43.2 Å². The minimum atomic E-state index is -6.72. The second kappa shape index (κ2) is 8.41. The molecule has 0 unspecified atom stereocenters. The van der Waals surface area contributed by atoms with E-state index in [1.54, 1.807) is 18.4 Å². The predicted molar refractivity (Wildman–Crippen MR) is 69.7 cm³/mol. The van der Waals surface area contributed by atoms with Gasteiger partial charge in [-0.05, 0) is 0 Å². The Hall–Kier alpha value is -0.970. The Balaban J connectivity index is 0.000000496. The number of nitrogens with zero attached hydrogens (tertiary/aromatic N) is 2. The largest absolute Gasteiger partial charge is 0.480 e. The maximum atomic E-state index is 11.4. The highest BCUT2D eigenvalue weighted by Crippen LogP contribution is 2.36. The molecular formula is C8H10F6N2O5S3. The van der Waals surface area contributed by atoms with Crippen molar-refractivity contribution >= 4 is 31.4 Å². The lowest BCUT2D eigenvalue weighted by Gasteiger charge is -2.22. The Bertz CT molecular complexity index is 654. The molecule has 0 fully saturated rings. The first-order valence-corrected chi connectivity index (χ1v) is 9.23. The van der Waals surface area contributed by atoms with Gasteiger partial charge in [0.2, 0.25) is 5.51 Å². The van der Waals surface area contributed by atoms with Gasteiger partial charge in [0.05, 0.1) is 5.38 Å². The highest BCUT2D eigenvalue weighted by Gasteiger charge is 2.46. The standard InChI is InChI=1S/C6H10NOS.C2F6NO4S2/c1-8-4-2-7-3-5-9-6-7;3-1(4,5)14(10,11)9-15(12,13)2(6,7)8/h3,5-6H,2,4H2,1H3;/q+1;-1. The van der Waals surface area contributed by atoms with Gasteiger partial charge in [-0.2, -0.15) is 30.9 Å². The van der Waals surface area contributed by atoms with E-state index in [4.69, 9.17) is 4.74 Å². The molecule has 0 aliphatic carbocycles. The van der Waals surface area contributed by atoms with Crippen LogP contribution in [0.3, 0.4) is 0 Å². The lowest BCUT2D eigenvalue weighted by molar-refractivity contribution is -0.693. The molecule has 0 N–H and O–H groups in total. The molecule has 1 aromatic heterocycles. The van der Waals surface area contributed by atoms with E-state index >= 15 is 0 Å². The molecule has 1 aromatic rings. The van der Waals surface area contributed by atoms with E-state index in [0.29, 0.717) is 0 Å². The van der Waals surface area contributed by atoms with Gasteiger partial charge in [0.15, 0.2) is 32.8 Å². The van der Waals surface area contributed by atoms with E-state index in [0.717, 1.165) is 17.3 Å². The zero-order chi connectivity index (χ0) is 19.2. The number of methoxy groups -OCH3 is 1. The van der Waals surface area contributed by atoms with Crippen LogP contribution >= 0.6 is 11.3 Å². The van der Waals surface area contributed by atoms with Crippen molar-refractivity contribution in [2.75, 3.05) is 13.7 Å². The number of halogens is 6. The number of rotatable bonds is 5. The summed E-state index contributed by atoms with van der Waals surface area (Å²) in [7, 11) is -11.7. The van der Waals surface area contributed by atoms with Crippen LogP contribution in [0.1, 0.15) is 0 Å². The zero-order valence-electron chi connectivity index (χ0n) is 11.6. The molecule has 24 heavy (non-hydrogen) atoms. The van der Waals surface area contributed by atoms with E-state index in [1.165, 1.54) is 0 Å². The molecule has 0 saturated heterocycles. The Morgan fingerprint density at radius 3 is 1.79 bits per heavy atom. The number of hydrogen-bond donors (Lipinski definition) is 0. The van der Waals surface area contributed by atoms with Crippen LogP contribution in [-0.2, 0) is 31.3 Å². The van der Waals surface area contributed by atoms with Crippen LogP contribution in [0, 0.1) is 0 Å². The second-order valence-corrected chi connectivity index (χ2v) is 7.85. The van der Waals surface area contributed by atoms with Gasteiger partial charge in [0.1, 0.15) is 6.61 Å². The first-order chi connectivity index (χ1) is 10.6. The molecule has 0 saturated carbocycles. The van der Waals surface area contributed by atoms with Gasteiger partial charge in [-0.15, -0.1) is 0 Å². The normalized spacial score (nSPS) is 13.3. The lowest BCUT2D eigenvalue weighted by Crippen LogP contribution is -2.32. The van der Waals surface area contributed by atoms with Gasteiger partial charge in [-0.3, -0.25) is 0 Å². The van der Waals surface area contributed by atoms with Gasteiger partial charge in [-0.1, -0.05) is 11.3 Å². The van der Waals surface area contributed by atoms with Crippen molar-refractivity contribution in [2.45, 2.75) is 17.6 Å². The molecule has 142 valence electrons. The molecule has 0 aromatic carbocycles. The summed E-state index contributed by atoms with van der Waals surface area (Å²) >= 11 is 1.70. The van der Waals surface area contributed by atoms with Crippen molar-refractivity contribution in [2.24, 2.45) is 0 Å². The van der Waals surface area contributed by atoms with Crippen LogP contribution in [0.5, 0.6) is 0 Å². The second-order valence-electron chi connectivity index (χ2n) is 3.67. The van der Waals surface area contributed by atoms with E-state index in [-0.39, 0.29) is 0 Å². The molecule has 7 nitrogen and oxygen atoms in total. The van der Waals surface area contributed by atoms with E-state index in [1.807, 2.05) is 6.20 Å². The summed E-state index contributed by atoms with van der Waals surface area (Å²) in [5, 5.41) is 2.05. The van der Waals surface area contributed by atoms with Gasteiger partial charge in [-0.25, -0.2) is 16.8 Å². The van der Waals surface area contributed by atoms with Crippen molar-refractivity contribution in [3.8, 4) is 0 Å². The summed E-state index contributed by atoms with van der Waals surface area (Å²) in [6.07, 6.45) is 2.05. The molecule has 0 aliphatic heterocycles. The molecule has 0 radical (unpaired) electrons. The Morgan fingerprint density at radius 1 is 1.04 bits per heavy atom. The molecule has 0 spiro atoms. The number of aromatic nitrogens is 1. The highest BCUT2D eigenvalue weighted by atomic mass is 32.3. The summed E-state index contributed by atoms with van der Waals surface area (Å²) < 4.78 is 116. The number of hydrogen-bond acceptors (Lipinski definition) is 6. The van der Waals surface area contributed by atoms with Crippen molar-refractivity contribution in [1.29, 1.82) is 0 Å². The van der Waals surface area contributed by atoms with Crippen molar-refractivity contribution in [3.05, 3.63) is 21.2 Å². The fourth-order valence-electron chi connectivity index (χ4n) is 0.799. The lowest BCUT2D eigenvalue weighted by atomic mass is 10.7. The van der Waals surface area contributed by atoms with Crippen LogP contribution in [0.25, 0.3) is 4.13 Å². The first kappa shape index (κ1) is 23.0. The minimum Gasteiger partial charge on any atom is -0.421 e. The maximum Gasteiger partial charge on any atom is 0.480 e. The average molecular weight is 424 g/mol. The first-order valence-electron chi connectivity index (χ1n) is 5.41. The molecule has 0 amide bonds. The molecule has 0 aliphatic rings. The zero-order valence-corrected chi connectivity index (χ0v) is 14.0. The third-order valence-corrected chi connectivity index (χ3v) is 5.27. The molecule has 1 heterocycles. The van der Waals surface area contributed by atoms with E-state index < -0.39 is 31.1 Å². The predicted octanol–water partition coefficient (Wildman–Crippen LogP) is 1.74. The monoisotopic (exact) mass is 424 g/mol. The van der Waals surface area contributed by atoms with Gasteiger partial charge in [0, 0.05) is 7.11 Å². The summed E-state index contributed by atoms with van der Waals surface area (Å²) in [5.74, 6) is 0. The van der Waals surface area contributed by atoms with E-state index in [2.05, 4.69) is 15.5 Å². The summed E-state index contributed by atoms with van der Waals surface area (Å²) in [5.41, 5.74) is -10.3. The van der Waals surface area contributed by atoms with Gasteiger partial charge >= 0.3 is 11.0 Å². The topological polar surface area (TPSA) is 95.5 Å². The number of alkyl halides is 6. The van der Waals surface area contributed by atoms with Crippen LogP contribution in [0.4, 0.5) is 26.3 Å². The molecule has 1 rings (SSSR count). The molecule has 16 heteroatoms. The van der Waals surface area contributed by atoms with Crippen molar-refractivity contribution in [1.82, 2.24) is 0 Å². The smallest absolute Gasteiger partial charge is 0.421 e. The quantitative estimate of drug-likeness (QED) is 0.530. The van der Waals surface area contributed by atoms with Gasteiger partial charge in [0.25, 0.3) is 0 Å². The maximum absolute atomic E-state index is 11.4. The van der Waals surface area contributed by atoms with Crippen molar-refractivity contribution < 1.29 is 52.5 Å². The van der Waals surface area contributed by atoms with Crippen LogP contribution in [-0.4, -0.2) is 41.6 Å². The summed E-state index contributed by atoms with van der Waals surface area (Å²) in [4.78, 5) is 0. The number of ether oxygens (including phenoxy) is 1. The Morgan fingerprint density at radius 2 is 1.50 bits per heavy atom. The SMILES string of the molecule is COCC[n+]1ccsc1.O=S(=O)([N-]S(=O)(=O)C(F)(F)F)C(F)(F)F. The van der Waals surface area contributed by atoms with Crippen molar-refractivity contribution in [3.63, 3.8) is 0 Å². The van der Waals surface area contributed by atoms with Crippen LogP contribution < -0.4 is 4.57 Å². The third kappa shape index (κ3) is 7.29. The third-order valence-electron chi connectivity index (χ3n) is 1.86. The van der Waals surface area contributed by atoms with Crippen LogP contribution in [0.15, 0.2) is 17.1 Å². The number of sulfonamides is 2. The molecule has 0 atom stereocenters. The minimum absolute atomic E-state index is 0.778. The summed E-state index contributed by atoms with van der Waals surface area (Å²) in [6, 6.07) is 0. The van der Waals surface area contributed by atoms with Crippen LogP contribution in [0.2, 0.25) is 0 Å². The fraction of sp³-hybridized carbons (Fsp3) is 0.625. The average Bonchev–Trinajstić information content (AvgIpc) is 2.86. The highest BCUT2D eigenvalue weighted by molar-refractivity contribution is 8.13. The fourth-order valence-corrected chi connectivity index (χ4v) is 3.14. The van der Waals surface area contributed by atoms with Gasteiger partial charge < -0.3 is 8.86 Å². The Kier molecular flexibility index (Phi) is 8.07. The molecular weight excluding hydrogens is 414 g/mol.